The monoisotopic (exact) mass is 238 g/mol. The van der Waals surface area contributed by atoms with Crippen LogP contribution in [0.25, 0.3) is 0 Å². The molecule has 0 heterocycles. The van der Waals surface area contributed by atoms with Gasteiger partial charge in [-0.15, -0.1) is 0 Å². The fraction of sp³-hybridized carbons (Fsp3) is 0.143. The summed E-state index contributed by atoms with van der Waals surface area (Å²) < 4.78 is 29.0. The van der Waals surface area contributed by atoms with E-state index in [1.807, 2.05) is 0 Å². The first-order valence-corrected chi connectivity index (χ1v) is 3.81. The molecule has 0 aliphatic carbocycles. The van der Waals surface area contributed by atoms with E-state index in [4.69, 9.17) is 5.11 Å². The maximum Gasteiger partial charge on any atom is 0.228 e. The quantitative estimate of drug-likeness (QED) is 0.859. The Bertz CT molecular complexity index is 268. The summed E-state index contributed by atoms with van der Waals surface area (Å²) in [5.41, 5.74) is 0. The number of rotatable bonds is 2. The SMILES string of the molecule is Oc1cc(F)c(OCF)c(Br)c1. The summed E-state index contributed by atoms with van der Waals surface area (Å²) in [6.45, 7) is -1.11. The summed E-state index contributed by atoms with van der Waals surface area (Å²) in [7, 11) is 0. The lowest BCUT2D eigenvalue weighted by Crippen LogP contribution is -1.94. The van der Waals surface area contributed by atoms with E-state index >= 15 is 0 Å². The Morgan fingerprint density at radius 1 is 1.50 bits per heavy atom. The van der Waals surface area contributed by atoms with Crippen LogP contribution in [0, 0.1) is 5.82 Å². The van der Waals surface area contributed by atoms with Crippen molar-refractivity contribution in [2.75, 3.05) is 6.86 Å². The zero-order valence-electron chi connectivity index (χ0n) is 5.85. The molecule has 1 N–H and O–H groups in total. The zero-order valence-corrected chi connectivity index (χ0v) is 7.44. The van der Waals surface area contributed by atoms with Crippen molar-refractivity contribution in [1.82, 2.24) is 0 Å². The molecule has 0 aliphatic rings. The van der Waals surface area contributed by atoms with Crippen molar-refractivity contribution in [2.45, 2.75) is 0 Å². The van der Waals surface area contributed by atoms with Crippen LogP contribution >= 0.6 is 15.9 Å². The second-order valence-electron chi connectivity index (χ2n) is 1.99. The summed E-state index contributed by atoms with van der Waals surface area (Å²) >= 11 is 2.91. The number of benzene rings is 1. The average Bonchev–Trinajstić information content (AvgIpc) is 1.96. The number of alkyl halides is 1. The molecule has 0 atom stereocenters. The van der Waals surface area contributed by atoms with Gasteiger partial charge in [-0.05, 0) is 22.0 Å². The van der Waals surface area contributed by atoms with E-state index in [-0.39, 0.29) is 16.0 Å². The Labute approximate surface area is 75.9 Å². The third-order valence-corrected chi connectivity index (χ3v) is 1.77. The Hall–Kier alpha value is -0.840. The Morgan fingerprint density at radius 2 is 2.17 bits per heavy atom. The minimum absolute atomic E-state index is 0.178. The molecule has 2 nitrogen and oxygen atoms in total. The fourth-order valence-electron chi connectivity index (χ4n) is 0.739. The van der Waals surface area contributed by atoms with Crippen LogP contribution in [0.3, 0.4) is 0 Å². The number of ether oxygens (including phenoxy) is 1. The van der Waals surface area contributed by atoms with Gasteiger partial charge in [-0.3, -0.25) is 0 Å². The second kappa shape index (κ2) is 3.71. The molecule has 1 rings (SSSR count). The lowest BCUT2D eigenvalue weighted by molar-refractivity contribution is 0.183. The van der Waals surface area contributed by atoms with Gasteiger partial charge in [0.15, 0.2) is 11.6 Å². The standard InChI is InChI=1S/C7H5BrF2O2/c8-5-1-4(11)2-6(10)7(5)12-3-9/h1-2,11H,3H2. The van der Waals surface area contributed by atoms with Crippen molar-refractivity contribution < 1.29 is 18.6 Å². The molecule has 0 bridgehead atoms. The third-order valence-electron chi connectivity index (χ3n) is 1.18. The molecule has 66 valence electrons. The van der Waals surface area contributed by atoms with Crippen LogP contribution in [-0.2, 0) is 0 Å². The Morgan fingerprint density at radius 3 is 2.67 bits per heavy atom. The van der Waals surface area contributed by atoms with Crippen molar-refractivity contribution in [2.24, 2.45) is 0 Å². The van der Waals surface area contributed by atoms with E-state index < -0.39 is 12.7 Å². The van der Waals surface area contributed by atoms with Crippen LogP contribution in [0.2, 0.25) is 0 Å². The molecule has 5 heteroatoms. The minimum Gasteiger partial charge on any atom is -0.508 e. The number of hydrogen-bond donors (Lipinski definition) is 1. The third kappa shape index (κ3) is 1.85. The summed E-state index contributed by atoms with van der Waals surface area (Å²) in [4.78, 5) is 0. The molecule has 0 saturated heterocycles. The first-order valence-electron chi connectivity index (χ1n) is 3.02. The van der Waals surface area contributed by atoms with E-state index in [9.17, 15) is 8.78 Å². The van der Waals surface area contributed by atoms with Gasteiger partial charge in [0.05, 0.1) is 4.47 Å². The number of halogens is 3. The van der Waals surface area contributed by atoms with Gasteiger partial charge >= 0.3 is 0 Å². The van der Waals surface area contributed by atoms with E-state index in [2.05, 4.69) is 20.7 Å². The summed E-state index contributed by atoms with van der Waals surface area (Å²) in [6, 6.07) is 2.06. The zero-order chi connectivity index (χ0) is 9.14. The van der Waals surface area contributed by atoms with Crippen molar-refractivity contribution >= 4 is 15.9 Å². The highest BCUT2D eigenvalue weighted by Crippen LogP contribution is 2.31. The normalized spacial score (nSPS) is 9.92. The number of phenols is 1. The molecule has 0 fully saturated rings. The highest BCUT2D eigenvalue weighted by molar-refractivity contribution is 9.10. The van der Waals surface area contributed by atoms with E-state index in [1.54, 1.807) is 0 Å². The first-order chi connectivity index (χ1) is 5.65. The summed E-state index contributed by atoms with van der Waals surface area (Å²) in [5, 5.41) is 8.87. The van der Waals surface area contributed by atoms with Crippen molar-refractivity contribution in [1.29, 1.82) is 0 Å². The largest absolute Gasteiger partial charge is 0.508 e. The maximum atomic E-state index is 12.8. The predicted molar refractivity (Wildman–Crippen MR) is 42.4 cm³/mol. The lowest BCUT2D eigenvalue weighted by atomic mass is 10.3. The Balaban J connectivity index is 3.10. The minimum atomic E-state index is -1.11. The van der Waals surface area contributed by atoms with Crippen LogP contribution in [0.5, 0.6) is 11.5 Å². The summed E-state index contributed by atoms with van der Waals surface area (Å²) in [6.07, 6.45) is 0. The molecule has 0 saturated carbocycles. The van der Waals surface area contributed by atoms with Gasteiger partial charge < -0.3 is 9.84 Å². The van der Waals surface area contributed by atoms with Crippen LogP contribution in [0.15, 0.2) is 16.6 Å². The van der Waals surface area contributed by atoms with E-state index in [0.29, 0.717) is 0 Å². The summed E-state index contributed by atoms with van der Waals surface area (Å²) in [5.74, 6) is -1.29. The maximum absolute atomic E-state index is 12.8. The van der Waals surface area contributed by atoms with Crippen LogP contribution in [0.4, 0.5) is 8.78 Å². The molecule has 1 aromatic rings. The lowest BCUT2D eigenvalue weighted by Gasteiger charge is -2.05. The molecule has 0 unspecified atom stereocenters. The van der Waals surface area contributed by atoms with Crippen LogP contribution in [-0.4, -0.2) is 12.0 Å². The smallest absolute Gasteiger partial charge is 0.228 e. The molecule has 0 aromatic heterocycles. The van der Waals surface area contributed by atoms with Gasteiger partial charge in [-0.2, -0.15) is 0 Å². The van der Waals surface area contributed by atoms with E-state index in [0.717, 1.165) is 6.07 Å². The van der Waals surface area contributed by atoms with Gasteiger partial charge in [0.1, 0.15) is 5.75 Å². The Kier molecular flexibility index (Phi) is 2.86. The fourth-order valence-corrected chi connectivity index (χ4v) is 1.28. The average molecular weight is 239 g/mol. The number of hydrogen-bond acceptors (Lipinski definition) is 2. The van der Waals surface area contributed by atoms with Gasteiger partial charge in [-0.1, -0.05) is 0 Å². The van der Waals surface area contributed by atoms with Crippen molar-refractivity contribution in [3.05, 3.63) is 22.4 Å². The van der Waals surface area contributed by atoms with Gasteiger partial charge in [0.25, 0.3) is 0 Å². The molecule has 0 spiro atoms. The van der Waals surface area contributed by atoms with Gasteiger partial charge in [0.2, 0.25) is 6.86 Å². The van der Waals surface area contributed by atoms with Crippen molar-refractivity contribution in [3.63, 3.8) is 0 Å². The molecule has 0 amide bonds. The predicted octanol–water partition coefficient (Wildman–Crippen LogP) is 2.60. The molecule has 0 aliphatic heterocycles. The number of aromatic hydroxyl groups is 1. The number of phenolic OH excluding ortho intramolecular Hbond substituents is 1. The van der Waals surface area contributed by atoms with Crippen LogP contribution < -0.4 is 4.74 Å². The molecule has 12 heavy (non-hydrogen) atoms. The van der Waals surface area contributed by atoms with Crippen molar-refractivity contribution in [3.8, 4) is 11.5 Å². The highest BCUT2D eigenvalue weighted by Gasteiger charge is 2.09. The molecule has 0 radical (unpaired) electrons. The first kappa shape index (κ1) is 9.25. The topological polar surface area (TPSA) is 29.5 Å². The molecular weight excluding hydrogens is 234 g/mol. The van der Waals surface area contributed by atoms with Gasteiger partial charge in [0, 0.05) is 6.07 Å². The molecule has 1 aromatic carbocycles. The van der Waals surface area contributed by atoms with Gasteiger partial charge in [-0.25, -0.2) is 8.78 Å². The van der Waals surface area contributed by atoms with E-state index in [1.165, 1.54) is 6.07 Å². The second-order valence-corrected chi connectivity index (χ2v) is 2.85. The van der Waals surface area contributed by atoms with Crippen LogP contribution in [0.1, 0.15) is 0 Å². The molecular formula is C7H5BrF2O2. The highest BCUT2D eigenvalue weighted by atomic mass is 79.9.